The largest absolute Gasteiger partial charge is 0.315 e. The smallest absolute Gasteiger partial charge is 0.00767 e. The summed E-state index contributed by atoms with van der Waals surface area (Å²) >= 11 is 0. The van der Waals surface area contributed by atoms with Crippen LogP contribution in [0.4, 0.5) is 0 Å². The highest BCUT2D eigenvalue weighted by molar-refractivity contribution is 4.74. The Labute approximate surface area is 157 Å². The molecule has 2 N–H and O–H groups in total. The van der Waals surface area contributed by atoms with Gasteiger partial charge in [0.25, 0.3) is 0 Å². The molecule has 2 saturated heterocycles. The second-order valence-corrected chi connectivity index (χ2v) is 8.96. The van der Waals surface area contributed by atoms with Crippen LogP contribution in [-0.2, 0) is 0 Å². The van der Waals surface area contributed by atoms with Crippen molar-refractivity contribution in [2.75, 3.05) is 65.4 Å². The number of likely N-dealkylation sites (tertiary alicyclic amines) is 2. The number of piperidine rings is 2. The zero-order valence-electron chi connectivity index (χ0n) is 17.2. The molecule has 0 bridgehead atoms. The van der Waals surface area contributed by atoms with E-state index in [1.165, 1.54) is 71.4 Å². The van der Waals surface area contributed by atoms with Crippen molar-refractivity contribution in [1.29, 1.82) is 0 Å². The summed E-state index contributed by atoms with van der Waals surface area (Å²) in [7, 11) is 0. The third-order valence-corrected chi connectivity index (χ3v) is 5.82. The monoisotopic (exact) mass is 352 g/mol. The van der Waals surface area contributed by atoms with Gasteiger partial charge in [0.05, 0.1) is 0 Å². The van der Waals surface area contributed by atoms with Crippen molar-refractivity contribution < 1.29 is 0 Å². The molecule has 3 atom stereocenters. The zero-order chi connectivity index (χ0) is 17.9. The van der Waals surface area contributed by atoms with Crippen molar-refractivity contribution in [3.05, 3.63) is 0 Å². The fraction of sp³-hybridized carbons (Fsp3) is 1.00. The van der Waals surface area contributed by atoms with E-state index < -0.39 is 0 Å². The Morgan fingerprint density at radius 3 is 1.88 bits per heavy atom. The third-order valence-electron chi connectivity index (χ3n) is 5.82. The predicted octanol–water partition coefficient (Wildman–Crippen LogP) is 2.66. The van der Waals surface area contributed by atoms with E-state index in [0.717, 1.165) is 43.9 Å². The van der Waals surface area contributed by atoms with Crippen LogP contribution in [0.1, 0.15) is 52.9 Å². The molecule has 2 fully saturated rings. The van der Waals surface area contributed by atoms with Crippen molar-refractivity contribution in [2.24, 2.45) is 17.8 Å². The lowest BCUT2D eigenvalue weighted by Crippen LogP contribution is -2.40. The van der Waals surface area contributed by atoms with E-state index in [0.29, 0.717) is 0 Å². The number of rotatable bonds is 11. The summed E-state index contributed by atoms with van der Waals surface area (Å²) < 4.78 is 0. The Kier molecular flexibility index (Phi) is 10.4. The van der Waals surface area contributed by atoms with Gasteiger partial charge in [-0.05, 0) is 82.6 Å². The number of hydrogen-bond donors (Lipinski definition) is 2. The van der Waals surface area contributed by atoms with Crippen LogP contribution in [0, 0.1) is 17.8 Å². The molecule has 2 rings (SSSR count). The van der Waals surface area contributed by atoms with E-state index in [9.17, 15) is 0 Å². The van der Waals surface area contributed by atoms with Gasteiger partial charge in [0.15, 0.2) is 0 Å². The maximum atomic E-state index is 3.59. The number of hydrogen-bond acceptors (Lipinski definition) is 4. The SMILES string of the molecule is CC1CCCN(CCCNCCNCCCN2CC(C)CC(C)C2)C1. The van der Waals surface area contributed by atoms with Crippen LogP contribution in [0.3, 0.4) is 0 Å². The van der Waals surface area contributed by atoms with E-state index in [1.807, 2.05) is 0 Å². The lowest BCUT2D eigenvalue weighted by molar-refractivity contribution is 0.139. The average Bonchev–Trinajstić information content (AvgIpc) is 2.56. The Morgan fingerprint density at radius 1 is 0.720 bits per heavy atom. The van der Waals surface area contributed by atoms with Gasteiger partial charge in [0, 0.05) is 32.7 Å². The lowest BCUT2D eigenvalue weighted by Gasteiger charge is -2.34. The zero-order valence-corrected chi connectivity index (χ0v) is 17.2. The highest BCUT2D eigenvalue weighted by Crippen LogP contribution is 2.20. The molecule has 4 nitrogen and oxygen atoms in total. The topological polar surface area (TPSA) is 30.5 Å². The molecule has 0 aromatic rings. The predicted molar refractivity (Wildman–Crippen MR) is 109 cm³/mol. The Bertz CT molecular complexity index is 326. The first-order valence-electron chi connectivity index (χ1n) is 11.0. The van der Waals surface area contributed by atoms with Crippen molar-refractivity contribution in [3.8, 4) is 0 Å². The van der Waals surface area contributed by atoms with Gasteiger partial charge in [-0.3, -0.25) is 0 Å². The van der Waals surface area contributed by atoms with Gasteiger partial charge in [-0.1, -0.05) is 20.8 Å². The second-order valence-electron chi connectivity index (χ2n) is 8.96. The minimum atomic E-state index is 0.883. The first-order valence-corrected chi connectivity index (χ1v) is 11.0. The van der Waals surface area contributed by atoms with Crippen molar-refractivity contribution >= 4 is 0 Å². The minimum absolute atomic E-state index is 0.883. The fourth-order valence-corrected chi connectivity index (χ4v) is 4.75. The maximum absolute atomic E-state index is 3.59. The first kappa shape index (κ1) is 21.1. The van der Waals surface area contributed by atoms with Gasteiger partial charge in [0.1, 0.15) is 0 Å². The van der Waals surface area contributed by atoms with Crippen LogP contribution in [0.25, 0.3) is 0 Å². The lowest BCUT2D eigenvalue weighted by atomic mass is 9.92. The van der Waals surface area contributed by atoms with E-state index in [1.54, 1.807) is 0 Å². The molecule has 2 aliphatic rings. The molecule has 2 aliphatic heterocycles. The summed E-state index contributed by atoms with van der Waals surface area (Å²) in [5, 5.41) is 7.18. The maximum Gasteiger partial charge on any atom is 0.00767 e. The molecule has 148 valence electrons. The molecular formula is C21H44N4. The van der Waals surface area contributed by atoms with Crippen LogP contribution in [0.2, 0.25) is 0 Å². The van der Waals surface area contributed by atoms with Gasteiger partial charge in [-0.2, -0.15) is 0 Å². The molecule has 0 amide bonds. The summed E-state index contributed by atoms with van der Waals surface area (Å²) in [5.41, 5.74) is 0. The molecular weight excluding hydrogens is 308 g/mol. The summed E-state index contributed by atoms with van der Waals surface area (Å²) in [6.07, 6.45) is 6.81. The molecule has 0 aliphatic carbocycles. The third kappa shape index (κ3) is 9.37. The molecule has 0 spiro atoms. The normalized spacial score (nSPS) is 29.2. The molecule has 3 unspecified atom stereocenters. The molecule has 0 saturated carbocycles. The van der Waals surface area contributed by atoms with Gasteiger partial charge >= 0.3 is 0 Å². The number of nitrogens with one attached hydrogen (secondary N) is 2. The standard InChI is InChI=1S/C21H44N4/c1-19-7-4-12-24(16-19)13-5-8-22-10-11-23-9-6-14-25-17-20(2)15-21(3)18-25/h19-23H,4-18H2,1-3H3. The van der Waals surface area contributed by atoms with Crippen molar-refractivity contribution in [3.63, 3.8) is 0 Å². The van der Waals surface area contributed by atoms with Gasteiger partial charge in [-0.25, -0.2) is 0 Å². The molecule has 25 heavy (non-hydrogen) atoms. The quantitative estimate of drug-likeness (QED) is 0.560. The van der Waals surface area contributed by atoms with Crippen LogP contribution < -0.4 is 10.6 Å². The van der Waals surface area contributed by atoms with Crippen molar-refractivity contribution in [2.45, 2.75) is 52.9 Å². The van der Waals surface area contributed by atoms with E-state index in [-0.39, 0.29) is 0 Å². The van der Waals surface area contributed by atoms with Crippen LogP contribution >= 0.6 is 0 Å². The Balaban J connectivity index is 1.34. The molecule has 4 heteroatoms. The molecule has 0 radical (unpaired) electrons. The second kappa shape index (κ2) is 12.3. The fourth-order valence-electron chi connectivity index (χ4n) is 4.75. The first-order chi connectivity index (χ1) is 12.1. The van der Waals surface area contributed by atoms with Crippen LogP contribution in [0.5, 0.6) is 0 Å². The summed E-state index contributed by atoms with van der Waals surface area (Å²) in [6.45, 7) is 19.5. The highest BCUT2D eigenvalue weighted by atomic mass is 15.1. The summed E-state index contributed by atoms with van der Waals surface area (Å²) in [4.78, 5) is 5.32. The summed E-state index contributed by atoms with van der Waals surface area (Å²) in [6, 6.07) is 0. The highest BCUT2D eigenvalue weighted by Gasteiger charge is 2.20. The minimum Gasteiger partial charge on any atom is -0.315 e. The van der Waals surface area contributed by atoms with E-state index in [4.69, 9.17) is 0 Å². The Hall–Kier alpha value is -0.160. The van der Waals surface area contributed by atoms with Crippen molar-refractivity contribution in [1.82, 2.24) is 20.4 Å². The molecule has 0 aromatic carbocycles. The summed E-state index contributed by atoms with van der Waals surface area (Å²) in [5.74, 6) is 2.67. The van der Waals surface area contributed by atoms with E-state index in [2.05, 4.69) is 41.2 Å². The Morgan fingerprint density at radius 2 is 1.28 bits per heavy atom. The van der Waals surface area contributed by atoms with Crippen LogP contribution in [0.15, 0.2) is 0 Å². The van der Waals surface area contributed by atoms with E-state index >= 15 is 0 Å². The average molecular weight is 353 g/mol. The number of nitrogens with zero attached hydrogens (tertiary/aromatic N) is 2. The molecule has 0 aromatic heterocycles. The van der Waals surface area contributed by atoms with Gasteiger partial charge in [0.2, 0.25) is 0 Å². The molecule has 2 heterocycles. The van der Waals surface area contributed by atoms with Crippen LogP contribution in [-0.4, -0.2) is 75.2 Å². The van der Waals surface area contributed by atoms with Gasteiger partial charge < -0.3 is 20.4 Å². The van der Waals surface area contributed by atoms with Gasteiger partial charge in [-0.15, -0.1) is 0 Å².